The van der Waals surface area contributed by atoms with Gasteiger partial charge >= 0.3 is 6.09 Å². The predicted molar refractivity (Wildman–Crippen MR) is 127 cm³/mol. The van der Waals surface area contributed by atoms with E-state index in [4.69, 9.17) is 19.2 Å². The van der Waals surface area contributed by atoms with Crippen LogP contribution >= 0.6 is 24.0 Å². The van der Waals surface area contributed by atoms with Crippen molar-refractivity contribution in [1.29, 1.82) is 0 Å². The van der Waals surface area contributed by atoms with E-state index >= 15 is 0 Å². The van der Waals surface area contributed by atoms with Crippen LogP contribution in [0, 0.1) is 0 Å². The fourth-order valence-electron chi connectivity index (χ4n) is 2.92. The maximum atomic E-state index is 12.5. The normalized spacial score (nSPS) is 17.5. The third-order valence-electron chi connectivity index (χ3n) is 4.25. The molecule has 1 rings (SSSR count). The number of hydrogen-bond donors (Lipinski definition) is 2. The lowest BCUT2D eigenvalue weighted by molar-refractivity contribution is 0.0109. The molecular weight excluding hydrogens is 487 g/mol. The number of methoxy groups -OCH3 is 1. The molecule has 0 aliphatic carbocycles. The van der Waals surface area contributed by atoms with Crippen LogP contribution in [0.3, 0.4) is 0 Å². The molecule has 9 heteroatoms. The number of aliphatic imine (C=N–C) groups is 1. The van der Waals surface area contributed by atoms with Gasteiger partial charge < -0.3 is 29.7 Å². The van der Waals surface area contributed by atoms with Crippen molar-refractivity contribution in [2.45, 2.75) is 65.0 Å². The highest BCUT2D eigenvalue weighted by Crippen LogP contribution is 2.20. The number of likely N-dealkylation sites (tertiary alicyclic amines) is 1. The SMILES string of the molecule is CCNC(=NCC1CCCCN1C(=O)OC(C)(C)C)NCCCOCCOC.I. The average Bonchev–Trinajstić information content (AvgIpc) is 2.64. The van der Waals surface area contributed by atoms with Gasteiger partial charge in [0.1, 0.15) is 5.60 Å². The standard InChI is InChI=1S/C20H40N4O4.HI/c1-6-21-18(22-11-9-13-27-15-14-26-5)23-16-17-10-7-8-12-24(17)19(25)28-20(2,3)4;/h17H,6-16H2,1-5H3,(H2,21,22,23);1H. The van der Waals surface area contributed by atoms with Gasteiger partial charge in [0, 0.05) is 33.4 Å². The highest BCUT2D eigenvalue weighted by molar-refractivity contribution is 14.0. The molecule has 1 heterocycles. The fraction of sp³-hybridized carbons (Fsp3) is 0.900. The minimum atomic E-state index is -0.482. The molecule has 0 aromatic heterocycles. The van der Waals surface area contributed by atoms with E-state index in [1.54, 1.807) is 7.11 Å². The van der Waals surface area contributed by atoms with Crippen LogP contribution in [0.25, 0.3) is 0 Å². The molecule has 0 aromatic rings. The molecule has 1 aliphatic rings. The number of halogens is 1. The van der Waals surface area contributed by atoms with E-state index < -0.39 is 5.60 Å². The zero-order chi connectivity index (χ0) is 20.8. The highest BCUT2D eigenvalue weighted by Gasteiger charge is 2.30. The maximum Gasteiger partial charge on any atom is 0.410 e. The molecule has 1 aliphatic heterocycles. The lowest BCUT2D eigenvalue weighted by atomic mass is 10.0. The van der Waals surface area contributed by atoms with Gasteiger partial charge in [0.05, 0.1) is 25.8 Å². The first kappa shape index (κ1) is 28.2. The molecule has 1 fully saturated rings. The van der Waals surface area contributed by atoms with Crippen molar-refractivity contribution in [1.82, 2.24) is 15.5 Å². The largest absolute Gasteiger partial charge is 0.444 e. The summed E-state index contributed by atoms with van der Waals surface area (Å²) in [4.78, 5) is 19.1. The number of carbonyl (C=O) groups is 1. The molecule has 1 amide bonds. The number of nitrogens with zero attached hydrogens (tertiary/aromatic N) is 2. The summed E-state index contributed by atoms with van der Waals surface area (Å²) in [6, 6.07) is 0.0800. The Bertz CT molecular complexity index is 472. The molecule has 0 saturated carbocycles. The summed E-state index contributed by atoms with van der Waals surface area (Å²) < 4.78 is 16.0. The number of carbonyl (C=O) groups excluding carboxylic acids is 1. The van der Waals surface area contributed by atoms with Gasteiger partial charge in [-0.15, -0.1) is 24.0 Å². The lowest BCUT2D eigenvalue weighted by Crippen LogP contribution is -2.48. The lowest BCUT2D eigenvalue weighted by Gasteiger charge is -2.36. The summed E-state index contributed by atoms with van der Waals surface area (Å²) in [6.45, 7) is 12.5. The average molecular weight is 528 g/mol. The van der Waals surface area contributed by atoms with Crippen molar-refractivity contribution in [3.63, 3.8) is 0 Å². The first-order chi connectivity index (χ1) is 13.4. The van der Waals surface area contributed by atoms with E-state index in [1.807, 2.05) is 32.6 Å². The summed E-state index contributed by atoms with van der Waals surface area (Å²) in [5.74, 6) is 0.772. The molecular formula is C20H41IN4O4. The molecule has 0 bridgehead atoms. The molecule has 0 spiro atoms. The number of amides is 1. The molecule has 1 saturated heterocycles. The van der Waals surface area contributed by atoms with Crippen molar-refractivity contribution in [3.8, 4) is 0 Å². The Labute approximate surface area is 193 Å². The molecule has 172 valence electrons. The second-order valence-electron chi connectivity index (χ2n) is 7.93. The van der Waals surface area contributed by atoms with Gasteiger partial charge in [0.2, 0.25) is 0 Å². The van der Waals surface area contributed by atoms with Crippen LogP contribution in [0.4, 0.5) is 4.79 Å². The van der Waals surface area contributed by atoms with Crippen LogP contribution in [0.2, 0.25) is 0 Å². The van der Waals surface area contributed by atoms with E-state index in [0.29, 0.717) is 26.4 Å². The summed E-state index contributed by atoms with van der Waals surface area (Å²) in [5.41, 5.74) is -0.482. The fourth-order valence-corrected chi connectivity index (χ4v) is 2.92. The van der Waals surface area contributed by atoms with Gasteiger partial charge in [-0.25, -0.2) is 4.79 Å². The molecule has 8 nitrogen and oxygen atoms in total. The Morgan fingerprint density at radius 1 is 1.17 bits per heavy atom. The van der Waals surface area contributed by atoms with Crippen molar-refractivity contribution >= 4 is 36.0 Å². The monoisotopic (exact) mass is 528 g/mol. The quantitative estimate of drug-likeness (QED) is 0.196. The minimum Gasteiger partial charge on any atom is -0.444 e. The van der Waals surface area contributed by atoms with E-state index in [1.165, 1.54) is 0 Å². The van der Waals surface area contributed by atoms with Crippen LogP contribution in [0.1, 0.15) is 53.4 Å². The van der Waals surface area contributed by atoms with Crippen LogP contribution in [-0.2, 0) is 14.2 Å². The van der Waals surface area contributed by atoms with Crippen LogP contribution in [0.15, 0.2) is 4.99 Å². The van der Waals surface area contributed by atoms with E-state index in [2.05, 4.69) is 10.6 Å². The molecule has 1 atom stereocenters. The molecule has 2 N–H and O–H groups in total. The van der Waals surface area contributed by atoms with Crippen LogP contribution in [-0.4, -0.2) is 81.7 Å². The van der Waals surface area contributed by atoms with Crippen molar-refractivity contribution in [2.75, 3.05) is 53.1 Å². The van der Waals surface area contributed by atoms with Gasteiger partial charge in [-0.2, -0.15) is 0 Å². The zero-order valence-corrected chi connectivity index (χ0v) is 21.1. The summed E-state index contributed by atoms with van der Waals surface area (Å²) >= 11 is 0. The maximum absolute atomic E-state index is 12.5. The molecule has 1 unspecified atom stereocenters. The zero-order valence-electron chi connectivity index (χ0n) is 18.8. The number of piperidine rings is 1. The third kappa shape index (κ3) is 13.2. The van der Waals surface area contributed by atoms with Crippen molar-refractivity contribution < 1.29 is 19.0 Å². The third-order valence-corrected chi connectivity index (χ3v) is 4.25. The Morgan fingerprint density at radius 2 is 1.93 bits per heavy atom. The Hall–Kier alpha value is -0.810. The van der Waals surface area contributed by atoms with Crippen LogP contribution in [0.5, 0.6) is 0 Å². The Balaban J connectivity index is 0.00000784. The summed E-state index contributed by atoms with van der Waals surface area (Å²) in [6.07, 6.45) is 3.73. The smallest absolute Gasteiger partial charge is 0.410 e. The number of ether oxygens (including phenoxy) is 3. The van der Waals surface area contributed by atoms with Gasteiger partial charge in [0.15, 0.2) is 5.96 Å². The number of hydrogen-bond acceptors (Lipinski definition) is 5. The minimum absolute atomic E-state index is 0. The van der Waals surface area contributed by atoms with Gasteiger partial charge in [0.25, 0.3) is 0 Å². The number of guanidine groups is 1. The predicted octanol–water partition coefficient (Wildman–Crippen LogP) is 3.00. The summed E-state index contributed by atoms with van der Waals surface area (Å²) in [7, 11) is 1.67. The molecule has 29 heavy (non-hydrogen) atoms. The second kappa shape index (κ2) is 16.0. The number of nitrogens with one attached hydrogen (secondary N) is 2. The summed E-state index contributed by atoms with van der Waals surface area (Å²) in [5, 5.41) is 6.59. The van der Waals surface area contributed by atoms with Gasteiger partial charge in [-0.05, 0) is 53.4 Å². The first-order valence-corrected chi connectivity index (χ1v) is 10.5. The van der Waals surface area contributed by atoms with E-state index in [9.17, 15) is 4.79 Å². The first-order valence-electron chi connectivity index (χ1n) is 10.5. The Morgan fingerprint density at radius 3 is 2.59 bits per heavy atom. The molecule has 0 radical (unpaired) electrons. The number of rotatable bonds is 10. The van der Waals surface area contributed by atoms with Gasteiger partial charge in [-0.1, -0.05) is 0 Å². The van der Waals surface area contributed by atoms with E-state index in [-0.39, 0.29) is 36.1 Å². The van der Waals surface area contributed by atoms with Crippen molar-refractivity contribution in [3.05, 3.63) is 0 Å². The van der Waals surface area contributed by atoms with E-state index in [0.717, 1.165) is 51.3 Å². The topological polar surface area (TPSA) is 84.4 Å². The highest BCUT2D eigenvalue weighted by atomic mass is 127. The van der Waals surface area contributed by atoms with Gasteiger partial charge in [-0.3, -0.25) is 4.99 Å². The Kier molecular flexibility index (Phi) is 15.5. The van der Waals surface area contributed by atoms with Crippen molar-refractivity contribution in [2.24, 2.45) is 4.99 Å². The molecule has 0 aromatic carbocycles. The van der Waals surface area contributed by atoms with Crippen LogP contribution < -0.4 is 10.6 Å². The second-order valence-corrected chi connectivity index (χ2v) is 7.93.